The van der Waals surface area contributed by atoms with Crippen molar-refractivity contribution in [3.63, 3.8) is 0 Å². The third-order valence-corrected chi connectivity index (χ3v) is 5.63. The molecule has 162 valence electrons. The number of nitrogens with one attached hydrogen (secondary N) is 1. The van der Waals surface area contributed by atoms with E-state index in [1.807, 2.05) is 6.07 Å². The van der Waals surface area contributed by atoms with Gasteiger partial charge in [-0.1, -0.05) is 23.7 Å². The fourth-order valence-corrected chi connectivity index (χ4v) is 4.00. The molecule has 2 aliphatic rings. The molecule has 1 aliphatic heterocycles. The molecule has 0 amide bonds. The van der Waals surface area contributed by atoms with Crippen molar-refractivity contribution in [2.45, 2.75) is 37.2 Å². The van der Waals surface area contributed by atoms with Gasteiger partial charge in [-0.05, 0) is 60.2 Å². The van der Waals surface area contributed by atoms with Crippen LogP contribution < -0.4 is 73.9 Å². The second-order valence-corrected chi connectivity index (χ2v) is 7.85. The van der Waals surface area contributed by atoms with Crippen molar-refractivity contribution in [3.05, 3.63) is 58.1 Å². The molecule has 32 heavy (non-hydrogen) atoms. The first-order valence-electron chi connectivity index (χ1n) is 9.46. The molecular formula is C21H22ClNNa2O7. The molecule has 2 aromatic carbocycles. The van der Waals surface area contributed by atoms with Crippen LogP contribution in [0.15, 0.2) is 36.4 Å². The van der Waals surface area contributed by atoms with Crippen molar-refractivity contribution in [2.75, 3.05) is 6.54 Å². The van der Waals surface area contributed by atoms with Crippen LogP contribution in [-0.4, -0.2) is 45.6 Å². The van der Waals surface area contributed by atoms with Gasteiger partial charge in [0, 0.05) is 17.6 Å². The van der Waals surface area contributed by atoms with Crippen LogP contribution in [-0.2, 0) is 22.4 Å². The Morgan fingerprint density at radius 3 is 2.34 bits per heavy atom. The Bertz CT molecular complexity index is 1020. The number of carboxylic acids is 2. The van der Waals surface area contributed by atoms with E-state index < -0.39 is 23.8 Å². The molecule has 1 aliphatic carbocycles. The number of aliphatic hydroxyl groups is 1. The Balaban J connectivity index is 0.00000272. The average molecular weight is 482 g/mol. The standard InChI is InChI=1S/C21H20ClNO7.2Na.2H/c22-14-3-1-2-12(6-14)16(24)10-23-15-5-4-11-8-17-18(9-13(11)7-15)30-21(29-17,19(25)26)20(27)28;;;;/h1-3,6,8-9,15-16,23-24H,4-5,7,10H2,(H,25,26)(H,27,28);;;;/q;2*+1;2*-1. The van der Waals surface area contributed by atoms with Gasteiger partial charge in [0.1, 0.15) is 0 Å². The van der Waals surface area contributed by atoms with Crippen LogP contribution in [0.2, 0.25) is 5.02 Å². The van der Waals surface area contributed by atoms with E-state index >= 15 is 0 Å². The van der Waals surface area contributed by atoms with E-state index in [0.29, 0.717) is 24.4 Å². The second-order valence-electron chi connectivity index (χ2n) is 7.42. The van der Waals surface area contributed by atoms with Gasteiger partial charge in [-0.15, -0.1) is 0 Å². The first-order valence-corrected chi connectivity index (χ1v) is 9.84. The van der Waals surface area contributed by atoms with Crippen molar-refractivity contribution < 1.29 is 96.4 Å². The number of carboxylic acid groups (broad SMARTS) is 2. The predicted octanol–water partition coefficient (Wildman–Crippen LogP) is -3.61. The number of aliphatic hydroxyl groups excluding tert-OH is 1. The van der Waals surface area contributed by atoms with Gasteiger partial charge in [-0.25, -0.2) is 9.59 Å². The third kappa shape index (κ3) is 5.46. The number of hydrogen-bond donors (Lipinski definition) is 4. The first kappa shape index (κ1) is 27.4. The molecule has 0 aromatic heterocycles. The summed E-state index contributed by atoms with van der Waals surface area (Å²) in [6.45, 7) is 0.353. The summed E-state index contributed by atoms with van der Waals surface area (Å²) in [5, 5.41) is 32.8. The van der Waals surface area contributed by atoms with E-state index in [-0.39, 0.29) is 79.5 Å². The minimum atomic E-state index is -2.76. The van der Waals surface area contributed by atoms with Crippen molar-refractivity contribution in [3.8, 4) is 11.5 Å². The minimum absolute atomic E-state index is 0. The first-order chi connectivity index (χ1) is 14.3. The summed E-state index contributed by atoms with van der Waals surface area (Å²) in [5.74, 6) is -6.00. The number of fused-ring (bicyclic) bond motifs is 2. The Hall–Kier alpha value is -0.810. The van der Waals surface area contributed by atoms with E-state index in [4.69, 9.17) is 21.1 Å². The molecule has 0 bridgehead atoms. The quantitative estimate of drug-likeness (QED) is 0.246. The average Bonchev–Trinajstić information content (AvgIpc) is 3.10. The maximum absolute atomic E-state index is 11.4. The van der Waals surface area contributed by atoms with Crippen molar-refractivity contribution in [1.29, 1.82) is 0 Å². The van der Waals surface area contributed by atoms with Gasteiger partial charge in [-0.3, -0.25) is 0 Å². The molecule has 1 heterocycles. The predicted molar refractivity (Wildman–Crippen MR) is 108 cm³/mol. The number of carbonyl (C=O) groups is 2. The zero-order chi connectivity index (χ0) is 21.5. The molecule has 11 heteroatoms. The Morgan fingerprint density at radius 2 is 1.75 bits per heavy atom. The van der Waals surface area contributed by atoms with E-state index in [0.717, 1.165) is 23.1 Å². The number of rotatable bonds is 6. The molecule has 0 fully saturated rings. The summed E-state index contributed by atoms with van der Waals surface area (Å²) in [6, 6.07) is 10.4. The number of hydrogen-bond acceptors (Lipinski definition) is 6. The van der Waals surface area contributed by atoms with Crippen LogP contribution >= 0.6 is 11.6 Å². The van der Waals surface area contributed by atoms with E-state index in [1.54, 1.807) is 30.3 Å². The summed E-state index contributed by atoms with van der Waals surface area (Å²) < 4.78 is 10.4. The number of halogens is 1. The summed E-state index contributed by atoms with van der Waals surface area (Å²) in [7, 11) is 0. The maximum atomic E-state index is 11.4. The largest absolute Gasteiger partial charge is 1.00 e. The smallest absolute Gasteiger partial charge is 1.00 e. The molecular weight excluding hydrogens is 460 g/mol. The number of aliphatic carboxylic acids is 2. The number of benzene rings is 2. The molecule has 0 saturated heterocycles. The molecule has 4 rings (SSSR count). The molecule has 0 radical (unpaired) electrons. The monoisotopic (exact) mass is 481 g/mol. The van der Waals surface area contributed by atoms with Gasteiger partial charge in [-0.2, -0.15) is 0 Å². The molecule has 2 unspecified atom stereocenters. The van der Waals surface area contributed by atoms with E-state index in [1.165, 1.54) is 0 Å². The fraction of sp³-hybridized carbons (Fsp3) is 0.333. The van der Waals surface area contributed by atoms with Crippen LogP contribution in [0.25, 0.3) is 0 Å². The SMILES string of the molecule is O=C(O)C1(C(=O)O)Oc2cc3c(cc2O1)CC(NCC(O)c1cccc(Cl)c1)CC3.[H-].[H-].[Na+].[Na+]. The van der Waals surface area contributed by atoms with Crippen LogP contribution in [0.4, 0.5) is 0 Å². The minimum Gasteiger partial charge on any atom is -1.00 e. The van der Waals surface area contributed by atoms with Gasteiger partial charge in [0.2, 0.25) is 0 Å². The molecule has 2 atom stereocenters. The fourth-order valence-electron chi connectivity index (χ4n) is 3.80. The van der Waals surface area contributed by atoms with Crippen LogP contribution in [0.3, 0.4) is 0 Å². The molecule has 0 saturated carbocycles. The summed E-state index contributed by atoms with van der Waals surface area (Å²) >= 11 is 5.97. The Kier molecular flexibility index (Phi) is 9.50. The Morgan fingerprint density at radius 1 is 1.12 bits per heavy atom. The summed E-state index contributed by atoms with van der Waals surface area (Å²) in [6.07, 6.45) is 1.43. The van der Waals surface area contributed by atoms with E-state index in [9.17, 15) is 24.9 Å². The summed E-state index contributed by atoms with van der Waals surface area (Å²) in [4.78, 5) is 22.8. The molecule has 0 spiro atoms. The van der Waals surface area contributed by atoms with Crippen LogP contribution in [0.1, 0.15) is 32.1 Å². The topological polar surface area (TPSA) is 125 Å². The Labute approximate surface area is 236 Å². The van der Waals surface area contributed by atoms with Crippen molar-refractivity contribution >= 4 is 23.5 Å². The molecule has 8 nitrogen and oxygen atoms in total. The van der Waals surface area contributed by atoms with Crippen molar-refractivity contribution in [2.24, 2.45) is 0 Å². The van der Waals surface area contributed by atoms with Gasteiger partial charge in [0.05, 0.1) is 6.10 Å². The second kappa shape index (κ2) is 11.1. The number of aryl methyl sites for hydroxylation is 1. The van der Waals surface area contributed by atoms with Gasteiger partial charge in [0.25, 0.3) is 0 Å². The number of ether oxygens (including phenoxy) is 2. The van der Waals surface area contributed by atoms with Gasteiger partial charge < -0.3 is 33.0 Å². The van der Waals surface area contributed by atoms with Crippen LogP contribution in [0.5, 0.6) is 11.5 Å². The molecule has 4 N–H and O–H groups in total. The zero-order valence-corrected chi connectivity index (χ0v) is 22.6. The zero-order valence-electron chi connectivity index (χ0n) is 19.8. The third-order valence-electron chi connectivity index (χ3n) is 5.40. The maximum Gasteiger partial charge on any atom is 1.00 e. The van der Waals surface area contributed by atoms with Crippen LogP contribution in [0, 0.1) is 0 Å². The van der Waals surface area contributed by atoms with Crippen molar-refractivity contribution in [1.82, 2.24) is 5.32 Å². The van der Waals surface area contributed by atoms with E-state index in [2.05, 4.69) is 5.32 Å². The van der Waals surface area contributed by atoms with Gasteiger partial charge in [0.15, 0.2) is 11.5 Å². The molecule has 2 aromatic rings. The summed E-state index contributed by atoms with van der Waals surface area (Å²) in [5.41, 5.74) is 2.61. The van der Waals surface area contributed by atoms with Gasteiger partial charge >= 0.3 is 76.8 Å². The normalized spacial score (nSPS) is 18.5.